The smallest absolute Gasteiger partial charge is 0.0238 e. The summed E-state index contributed by atoms with van der Waals surface area (Å²) in [4.78, 5) is 0. The molecule has 2 aromatic rings. The van der Waals surface area contributed by atoms with Gasteiger partial charge in [-0.05, 0) is 24.0 Å². The van der Waals surface area contributed by atoms with Gasteiger partial charge in [-0.2, -0.15) is 0 Å². The van der Waals surface area contributed by atoms with Gasteiger partial charge in [-0.3, -0.25) is 0 Å². The molecule has 0 saturated heterocycles. The summed E-state index contributed by atoms with van der Waals surface area (Å²) >= 11 is 2.34. The summed E-state index contributed by atoms with van der Waals surface area (Å²) in [6.45, 7) is 15.1. The Kier molecular flexibility index (Phi) is 10.4. The summed E-state index contributed by atoms with van der Waals surface area (Å²) in [5, 5.41) is 0. The second kappa shape index (κ2) is 12.1. The van der Waals surface area contributed by atoms with Crippen LogP contribution in [0.3, 0.4) is 0 Å². The van der Waals surface area contributed by atoms with E-state index in [1.165, 1.54) is 11.1 Å². The molecule has 160 valence electrons. The molecule has 0 radical (unpaired) electrons. The molecule has 0 aromatic heterocycles. The minimum atomic E-state index is -0.299. The Morgan fingerprint density at radius 1 is 0.613 bits per heavy atom. The van der Waals surface area contributed by atoms with Crippen molar-refractivity contribution in [2.75, 3.05) is 0 Å². The molecule has 0 aliphatic carbocycles. The molecular weight excluding hydrogens is 703 g/mol. The molecule has 31 heavy (non-hydrogen) atoms. The van der Waals surface area contributed by atoms with Crippen molar-refractivity contribution < 1.29 is 23.2 Å². The Morgan fingerprint density at radius 3 is 1.26 bits per heavy atom. The summed E-state index contributed by atoms with van der Waals surface area (Å²) in [5.41, 5.74) is 6.55. The fraction of sp³-hybridized carbons (Fsp3) is 0.385. The van der Waals surface area contributed by atoms with Crippen LogP contribution in [0.5, 0.6) is 0 Å². The number of aryl methyl sites for hydroxylation is 2. The van der Waals surface area contributed by atoms with Gasteiger partial charge in [0.25, 0.3) is 0 Å². The first-order valence-corrected chi connectivity index (χ1v) is 27.4. The SMILES string of the molecule is CC1=C(C)[C](C)([Zr][C]2(C)[As]=[As]C(C)=C2C)[As]=[As]1.c1ccc(CCc2ccccc2)cc1. The molecule has 2 aromatic carbocycles. The van der Waals surface area contributed by atoms with Crippen LogP contribution in [0.1, 0.15) is 52.7 Å². The van der Waals surface area contributed by atoms with Crippen molar-refractivity contribution in [3.63, 3.8) is 0 Å². The van der Waals surface area contributed by atoms with Gasteiger partial charge in [-0.15, -0.1) is 0 Å². The van der Waals surface area contributed by atoms with Crippen LogP contribution < -0.4 is 0 Å². The molecule has 2 unspecified atom stereocenters. The van der Waals surface area contributed by atoms with E-state index >= 15 is 0 Å². The minimum absolute atomic E-state index is 0.299. The fourth-order valence-corrected chi connectivity index (χ4v) is 50.9. The Morgan fingerprint density at radius 2 is 0.968 bits per heavy atom. The van der Waals surface area contributed by atoms with Crippen molar-refractivity contribution in [1.82, 2.24) is 0 Å². The van der Waals surface area contributed by atoms with Crippen LogP contribution in [0.25, 0.3) is 0 Å². The zero-order chi connectivity index (χ0) is 22.5. The number of rotatable bonds is 5. The van der Waals surface area contributed by atoms with Gasteiger partial charge in [0.1, 0.15) is 0 Å². The number of hydrogen-bond donors (Lipinski definition) is 0. The van der Waals surface area contributed by atoms with Crippen LogP contribution >= 0.6 is 0 Å². The maximum absolute atomic E-state index is 2.66. The molecular formula is C26H32As4Zr. The van der Waals surface area contributed by atoms with Gasteiger partial charge in [0, 0.05) is 0 Å². The van der Waals surface area contributed by atoms with E-state index < -0.39 is 0 Å². The topological polar surface area (TPSA) is 0 Å². The molecule has 2 aliphatic rings. The average Bonchev–Trinajstić information content (AvgIpc) is 3.18. The van der Waals surface area contributed by atoms with Crippen molar-refractivity contribution in [2.45, 2.75) is 58.2 Å². The quantitative estimate of drug-likeness (QED) is 0.328. The van der Waals surface area contributed by atoms with Gasteiger partial charge in [-0.1, -0.05) is 60.7 Å². The Labute approximate surface area is 223 Å². The molecule has 4 rings (SSSR count). The van der Waals surface area contributed by atoms with Gasteiger partial charge in [0.2, 0.25) is 0 Å². The molecule has 5 heteroatoms. The van der Waals surface area contributed by atoms with Crippen LogP contribution in [-0.2, 0) is 36.1 Å². The summed E-state index contributed by atoms with van der Waals surface area (Å²) in [5.74, 6) is 0. The van der Waals surface area contributed by atoms with E-state index in [0.717, 1.165) is 16.7 Å². The Balaban J connectivity index is 0.000000179. The van der Waals surface area contributed by atoms with Gasteiger partial charge in [0.05, 0.1) is 0 Å². The molecule has 0 N–H and O–H groups in total. The molecule has 0 nitrogen and oxygen atoms in total. The van der Waals surface area contributed by atoms with Crippen LogP contribution in [0, 0.1) is 0 Å². The third kappa shape index (κ3) is 7.26. The number of benzene rings is 2. The molecule has 2 atom stereocenters. The minimum Gasteiger partial charge on any atom is -0.0622 e. The third-order valence-electron chi connectivity index (χ3n) is 6.22. The van der Waals surface area contributed by atoms with E-state index in [1.807, 2.05) is 19.9 Å². The van der Waals surface area contributed by atoms with Gasteiger partial charge in [-0.25, -0.2) is 0 Å². The first kappa shape index (κ1) is 26.6. The van der Waals surface area contributed by atoms with E-state index in [9.17, 15) is 0 Å². The fourth-order valence-electron chi connectivity index (χ4n) is 3.64. The maximum Gasteiger partial charge on any atom is -0.0238 e. The van der Waals surface area contributed by atoms with Crippen molar-refractivity contribution in [1.29, 1.82) is 0 Å². The van der Waals surface area contributed by atoms with Gasteiger partial charge >= 0.3 is 141 Å². The van der Waals surface area contributed by atoms with Crippen LogP contribution in [0.2, 0.25) is 3.82 Å². The second-order valence-electron chi connectivity index (χ2n) is 8.56. The summed E-state index contributed by atoms with van der Waals surface area (Å²) in [6, 6.07) is 21.2. The zero-order valence-electron chi connectivity index (χ0n) is 19.5. The summed E-state index contributed by atoms with van der Waals surface area (Å²) in [6.07, 6.45) is 2.26. The van der Waals surface area contributed by atoms with Crippen molar-refractivity contribution >= 4 is 52.6 Å². The number of allylic oxidation sites excluding steroid dienone is 4. The standard InChI is InChI=1S/C14H14.2C6H9As2.Zr/c1-3-7-13(8-4-1)11-12-14-9-5-2-6-10-14;2*1-4-5(2)7-8-6(4)3;/h1-10H,11-12H2;2*1-3H3;. The zero-order valence-corrected chi connectivity index (χ0v) is 29.4. The van der Waals surface area contributed by atoms with Gasteiger partial charge in [0.15, 0.2) is 0 Å². The van der Waals surface area contributed by atoms with Crippen molar-refractivity contribution in [2.24, 2.45) is 0 Å². The van der Waals surface area contributed by atoms with Crippen molar-refractivity contribution in [3.8, 4) is 0 Å². The summed E-state index contributed by atoms with van der Waals surface area (Å²) in [7, 11) is 0. The van der Waals surface area contributed by atoms with E-state index in [4.69, 9.17) is 0 Å². The molecule has 0 amide bonds. The normalized spacial score (nSPS) is 26.5. The molecule has 2 heterocycles. The summed E-state index contributed by atoms with van der Waals surface area (Å²) < 4.78 is 5.30. The van der Waals surface area contributed by atoms with Gasteiger partial charge < -0.3 is 0 Å². The molecule has 0 bridgehead atoms. The van der Waals surface area contributed by atoms with E-state index in [0.29, 0.717) is 52.6 Å². The predicted molar refractivity (Wildman–Crippen MR) is 137 cm³/mol. The average molecular weight is 735 g/mol. The second-order valence-corrected chi connectivity index (χ2v) is 35.5. The molecule has 0 saturated carbocycles. The molecule has 2 aliphatic heterocycles. The largest absolute Gasteiger partial charge is 0.0622 e. The third-order valence-corrected chi connectivity index (χ3v) is 50.1. The van der Waals surface area contributed by atoms with Crippen LogP contribution in [0.4, 0.5) is 0 Å². The monoisotopic (exact) mass is 734 g/mol. The van der Waals surface area contributed by atoms with E-state index in [2.05, 4.69) is 102 Å². The predicted octanol–water partition coefficient (Wildman–Crippen LogP) is 6.07. The Hall–Kier alpha value is 1.04. The maximum atomic E-state index is 2.66. The van der Waals surface area contributed by atoms with Crippen molar-refractivity contribution in [3.05, 3.63) is 91.7 Å². The Bertz CT molecular complexity index is 940. The van der Waals surface area contributed by atoms with Crippen LogP contribution in [-0.4, -0.2) is 52.6 Å². The van der Waals surface area contributed by atoms with E-state index in [-0.39, 0.29) is 23.2 Å². The number of hydrogen-bond acceptors (Lipinski definition) is 0. The van der Waals surface area contributed by atoms with Crippen LogP contribution in [0.15, 0.2) is 80.5 Å². The first-order valence-electron chi connectivity index (χ1n) is 10.8. The molecule has 0 spiro atoms. The first-order chi connectivity index (χ1) is 14.7. The molecule has 0 fully saturated rings. The van der Waals surface area contributed by atoms with E-state index in [1.54, 1.807) is 0 Å².